The average Bonchev–Trinajstić information content (AvgIpc) is 3.12. The van der Waals surface area contributed by atoms with Gasteiger partial charge in [0, 0.05) is 30.7 Å². The van der Waals surface area contributed by atoms with Gasteiger partial charge in [0.2, 0.25) is 5.91 Å². The Hall–Kier alpha value is -1.88. The minimum atomic E-state index is 0.0865. The number of piperidine rings is 1. The van der Waals surface area contributed by atoms with Gasteiger partial charge in [-0.3, -0.25) is 4.79 Å². The quantitative estimate of drug-likeness (QED) is 0.839. The second-order valence-corrected chi connectivity index (χ2v) is 7.73. The maximum absolute atomic E-state index is 13.2. The largest absolute Gasteiger partial charge is 0.356 e. The molecule has 126 valence electrons. The molecule has 2 aliphatic rings. The molecule has 0 spiro atoms. The van der Waals surface area contributed by atoms with Crippen molar-refractivity contribution >= 4 is 23.1 Å². The number of nitrogens with zero attached hydrogens (tertiary/aromatic N) is 3. The Kier molecular flexibility index (Phi) is 4.27. The van der Waals surface area contributed by atoms with Gasteiger partial charge in [0.25, 0.3) is 0 Å². The zero-order chi connectivity index (χ0) is 16.5. The van der Waals surface area contributed by atoms with Crippen LogP contribution in [0, 0.1) is 5.92 Å². The predicted molar refractivity (Wildman–Crippen MR) is 97.3 cm³/mol. The predicted octanol–water partition coefficient (Wildman–Crippen LogP) is 3.51. The highest BCUT2D eigenvalue weighted by Gasteiger charge is 2.34. The van der Waals surface area contributed by atoms with Crippen molar-refractivity contribution in [3.63, 3.8) is 0 Å². The van der Waals surface area contributed by atoms with E-state index in [4.69, 9.17) is 0 Å². The highest BCUT2D eigenvalue weighted by atomic mass is 32.1. The number of aromatic nitrogens is 1. The van der Waals surface area contributed by atoms with Gasteiger partial charge in [-0.15, -0.1) is 11.3 Å². The fourth-order valence-electron chi connectivity index (χ4n) is 3.97. The van der Waals surface area contributed by atoms with Gasteiger partial charge in [0.15, 0.2) is 0 Å². The summed E-state index contributed by atoms with van der Waals surface area (Å²) in [7, 11) is 0. The molecule has 1 saturated heterocycles. The summed E-state index contributed by atoms with van der Waals surface area (Å²) in [6.45, 7) is 4.80. The molecule has 24 heavy (non-hydrogen) atoms. The third kappa shape index (κ3) is 2.81. The molecule has 4 heterocycles. The highest BCUT2D eigenvalue weighted by Crippen LogP contribution is 2.34. The van der Waals surface area contributed by atoms with Crippen LogP contribution in [0.15, 0.2) is 35.8 Å². The van der Waals surface area contributed by atoms with Gasteiger partial charge in [-0.25, -0.2) is 4.98 Å². The molecule has 2 aromatic heterocycles. The summed E-state index contributed by atoms with van der Waals surface area (Å²) in [5, 5.41) is 2.15. The second kappa shape index (κ2) is 6.55. The van der Waals surface area contributed by atoms with Crippen LogP contribution in [0.3, 0.4) is 0 Å². The minimum absolute atomic E-state index is 0.0865. The first kappa shape index (κ1) is 15.6. The Bertz CT molecular complexity index is 714. The van der Waals surface area contributed by atoms with E-state index in [0.717, 1.165) is 44.7 Å². The molecule has 0 bridgehead atoms. The van der Waals surface area contributed by atoms with Crippen molar-refractivity contribution in [3.8, 4) is 0 Å². The molecule has 4 rings (SSSR count). The molecule has 0 aromatic carbocycles. The van der Waals surface area contributed by atoms with Gasteiger partial charge in [-0.1, -0.05) is 6.07 Å². The lowest BCUT2D eigenvalue weighted by molar-refractivity contribution is -0.138. The van der Waals surface area contributed by atoms with Crippen molar-refractivity contribution in [1.29, 1.82) is 0 Å². The number of hydrogen-bond donors (Lipinski definition) is 0. The molecule has 2 atom stereocenters. The van der Waals surface area contributed by atoms with Crippen LogP contribution in [-0.2, 0) is 11.2 Å². The van der Waals surface area contributed by atoms with Crippen molar-refractivity contribution in [3.05, 3.63) is 46.3 Å². The lowest BCUT2D eigenvalue weighted by atomic mass is 9.93. The van der Waals surface area contributed by atoms with Gasteiger partial charge in [0.05, 0.1) is 12.0 Å². The number of rotatable bonds is 2. The molecular formula is C19H23N3OS. The van der Waals surface area contributed by atoms with E-state index in [-0.39, 0.29) is 12.0 Å². The van der Waals surface area contributed by atoms with E-state index in [1.165, 1.54) is 10.4 Å². The lowest BCUT2D eigenvalue weighted by Crippen LogP contribution is -2.47. The summed E-state index contributed by atoms with van der Waals surface area (Å²) in [6.07, 6.45) is 4.87. The molecule has 2 aliphatic heterocycles. The normalized spacial score (nSPS) is 23.9. The monoisotopic (exact) mass is 341 g/mol. The van der Waals surface area contributed by atoms with Crippen molar-refractivity contribution in [2.75, 3.05) is 24.5 Å². The Morgan fingerprint density at radius 2 is 2.21 bits per heavy atom. The first-order valence-corrected chi connectivity index (χ1v) is 9.64. The minimum Gasteiger partial charge on any atom is -0.356 e. The Labute approximate surface area is 147 Å². The Morgan fingerprint density at radius 1 is 1.29 bits per heavy atom. The Balaban J connectivity index is 1.48. The molecule has 5 heteroatoms. The number of carbonyl (C=O) groups is 1. The first-order valence-electron chi connectivity index (χ1n) is 8.77. The zero-order valence-electron chi connectivity index (χ0n) is 14.0. The molecule has 4 nitrogen and oxygen atoms in total. The summed E-state index contributed by atoms with van der Waals surface area (Å²) in [4.78, 5) is 23.4. The molecule has 0 saturated carbocycles. The van der Waals surface area contributed by atoms with Crippen LogP contribution in [0.2, 0.25) is 0 Å². The van der Waals surface area contributed by atoms with Crippen LogP contribution in [0.4, 0.5) is 5.82 Å². The first-order chi connectivity index (χ1) is 11.7. The van der Waals surface area contributed by atoms with Crippen LogP contribution in [0.1, 0.15) is 36.2 Å². The van der Waals surface area contributed by atoms with Crippen molar-refractivity contribution in [1.82, 2.24) is 9.88 Å². The topological polar surface area (TPSA) is 36.4 Å². The number of thiophene rings is 1. The fraction of sp³-hybridized carbons (Fsp3) is 0.474. The van der Waals surface area contributed by atoms with Crippen LogP contribution < -0.4 is 4.90 Å². The van der Waals surface area contributed by atoms with E-state index in [1.807, 2.05) is 35.7 Å². The zero-order valence-corrected chi connectivity index (χ0v) is 14.8. The molecule has 1 amide bonds. The molecule has 2 aromatic rings. The Morgan fingerprint density at radius 3 is 3.04 bits per heavy atom. The summed E-state index contributed by atoms with van der Waals surface area (Å²) >= 11 is 1.82. The van der Waals surface area contributed by atoms with Crippen LogP contribution in [0.25, 0.3) is 0 Å². The van der Waals surface area contributed by atoms with E-state index in [1.54, 1.807) is 0 Å². The summed E-state index contributed by atoms with van der Waals surface area (Å²) < 4.78 is 0. The summed E-state index contributed by atoms with van der Waals surface area (Å²) in [5.74, 6) is 1.39. The standard InChI is InChI=1S/C19H23N3OS/c1-14-16-8-12-24-17(16)7-11-22(14)19(23)15-5-4-10-21(13-15)18-6-2-3-9-20-18/h2-3,6,8-9,12,14-15H,4-5,7,10-11,13H2,1H3/t14-,15+/m1/s1. The van der Waals surface area contributed by atoms with E-state index in [0.29, 0.717) is 5.91 Å². The number of amides is 1. The van der Waals surface area contributed by atoms with E-state index in [9.17, 15) is 4.79 Å². The van der Waals surface area contributed by atoms with E-state index in [2.05, 4.69) is 33.2 Å². The van der Waals surface area contributed by atoms with Gasteiger partial charge in [-0.2, -0.15) is 0 Å². The van der Waals surface area contributed by atoms with Crippen LogP contribution in [-0.4, -0.2) is 35.4 Å². The number of fused-ring (bicyclic) bond motifs is 1. The maximum Gasteiger partial charge on any atom is 0.227 e. The maximum atomic E-state index is 13.2. The number of carbonyl (C=O) groups excluding carboxylic acids is 1. The number of pyridine rings is 1. The van der Waals surface area contributed by atoms with Gasteiger partial charge in [0.1, 0.15) is 5.82 Å². The third-order valence-electron chi connectivity index (χ3n) is 5.30. The highest BCUT2D eigenvalue weighted by molar-refractivity contribution is 7.10. The van der Waals surface area contributed by atoms with Crippen molar-refractivity contribution in [2.45, 2.75) is 32.2 Å². The average molecular weight is 341 g/mol. The van der Waals surface area contributed by atoms with Gasteiger partial charge < -0.3 is 9.80 Å². The SMILES string of the molecule is C[C@@H]1c2ccsc2CCN1C(=O)[C@H]1CCCN(c2ccccn2)C1. The molecule has 0 N–H and O–H groups in total. The van der Waals surface area contributed by atoms with Crippen LogP contribution in [0.5, 0.6) is 0 Å². The molecule has 0 aliphatic carbocycles. The van der Waals surface area contributed by atoms with E-state index >= 15 is 0 Å². The van der Waals surface area contributed by atoms with E-state index < -0.39 is 0 Å². The molecular weight excluding hydrogens is 318 g/mol. The summed E-state index contributed by atoms with van der Waals surface area (Å²) in [6, 6.07) is 8.37. The smallest absolute Gasteiger partial charge is 0.227 e. The molecule has 0 unspecified atom stereocenters. The molecule has 0 radical (unpaired) electrons. The lowest BCUT2D eigenvalue weighted by Gasteiger charge is -2.39. The third-order valence-corrected chi connectivity index (χ3v) is 6.30. The molecule has 1 fully saturated rings. The van der Waals surface area contributed by atoms with Crippen molar-refractivity contribution in [2.24, 2.45) is 5.92 Å². The van der Waals surface area contributed by atoms with Gasteiger partial charge >= 0.3 is 0 Å². The van der Waals surface area contributed by atoms with Crippen molar-refractivity contribution < 1.29 is 4.79 Å². The van der Waals surface area contributed by atoms with Crippen LogP contribution >= 0.6 is 11.3 Å². The van der Waals surface area contributed by atoms with Gasteiger partial charge in [-0.05, 0) is 55.3 Å². The number of anilines is 1. The second-order valence-electron chi connectivity index (χ2n) is 6.73. The fourth-order valence-corrected chi connectivity index (χ4v) is 4.94. The summed E-state index contributed by atoms with van der Waals surface area (Å²) in [5.41, 5.74) is 1.34. The number of hydrogen-bond acceptors (Lipinski definition) is 4.